The fourth-order valence-electron chi connectivity index (χ4n) is 2.24. The van der Waals surface area contributed by atoms with Gasteiger partial charge in [-0.25, -0.2) is 4.79 Å². The maximum Gasteiger partial charge on any atom is 0.317 e. The number of nitrogens with one attached hydrogen (secondary N) is 1. The van der Waals surface area contributed by atoms with E-state index in [0.29, 0.717) is 26.1 Å². The van der Waals surface area contributed by atoms with Crippen molar-refractivity contribution in [3.63, 3.8) is 0 Å². The Morgan fingerprint density at radius 2 is 2.15 bits per heavy atom. The normalized spacial score (nSPS) is 20.2. The van der Waals surface area contributed by atoms with Crippen LogP contribution < -0.4 is 11.1 Å². The van der Waals surface area contributed by atoms with E-state index < -0.39 is 5.97 Å². The summed E-state index contributed by atoms with van der Waals surface area (Å²) in [5, 5.41) is 11.4. The van der Waals surface area contributed by atoms with Crippen LogP contribution in [0.2, 0.25) is 0 Å². The number of primary amides is 1. The largest absolute Gasteiger partial charge is 0.481 e. The number of nitrogens with two attached hydrogens (primary N) is 1. The van der Waals surface area contributed by atoms with Crippen LogP contribution in [-0.4, -0.2) is 47.5 Å². The van der Waals surface area contributed by atoms with E-state index in [1.165, 1.54) is 0 Å². The summed E-state index contributed by atoms with van der Waals surface area (Å²) in [7, 11) is 0. The first-order chi connectivity index (χ1) is 9.40. The van der Waals surface area contributed by atoms with Crippen molar-refractivity contribution in [2.24, 2.45) is 17.6 Å². The monoisotopic (exact) mass is 285 g/mol. The Bertz CT molecular complexity index is 373. The molecular weight excluding hydrogens is 262 g/mol. The third kappa shape index (κ3) is 5.46. The molecule has 7 heteroatoms. The van der Waals surface area contributed by atoms with Crippen molar-refractivity contribution in [1.29, 1.82) is 0 Å². The van der Waals surface area contributed by atoms with Gasteiger partial charge in [0, 0.05) is 26.1 Å². The smallest absolute Gasteiger partial charge is 0.317 e. The summed E-state index contributed by atoms with van der Waals surface area (Å²) >= 11 is 0. The van der Waals surface area contributed by atoms with E-state index in [4.69, 9.17) is 10.8 Å². The zero-order chi connectivity index (χ0) is 15.1. The number of carboxylic acids is 1. The molecule has 2 unspecified atom stereocenters. The number of urea groups is 1. The van der Waals surface area contributed by atoms with Crippen LogP contribution in [-0.2, 0) is 9.59 Å². The van der Waals surface area contributed by atoms with Crippen LogP contribution in [0.3, 0.4) is 0 Å². The van der Waals surface area contributed by atoms with Crippen molar-refractivity contribution in [2.75, 3.05) is 19.6 Å². The number of carbonyl (C=O) groups is 3. The molecule has 0 saturated carbocycles. The Hall–Kier alpha value is -1.79. The quantitative estimate of drug-likeness (QED) is 0.655. The lowest BCUT2D eigenvalue weighted by molar-refractivity contribution is -0.137. The molecule has 2 atom stereocenters. The number of nitrogens with zero attached hydrogens (tertiary/aromatic N) is 1. The lowest BCUT2D eigenvalue weighted by Gasteiger charge is -2.31. The molecule has 0 aromatic carbocycles. The highest BCUT2D eigenvalue weighted by Crippen LogP contribution is 2.16. The first kappa shape index (κ1) is 16.3. The van der Waals surface area contributed by atoms with E-state index in [0.717, 1.165) is 12.8 Å². The standard InChI is InChI=1S/C13H23N3O4/c1-9(4-5-11(17)18)7-15-13(20)16-6-2-3-10(8-16)12(14)19/h9-10H,2-8H2,1H3,(H2,14,19)(H,15,20)(H,17,18). The SMILES string of the molecule is CC(CCC(=O)O)CNC(=O)N1CCCC(C(N)=O)C1. The Kier molecular flexibility index (Phi) is 6.27. The summed E-state index contributed by atoms with van der Waals surface area (Å²) in [6.07, 6.45) is 2.13. The zero-order valence-corrected chi connectivity index (χ0v) is 11.8. The Morgan fingerprint density at radius 1 is 1.45 bits per heavy atom. The molecule has 1 heterocycles. The van der Waals surface area contributed by atoms with Crippen LogP contribution in [0.15, 0.2) is 0 Å². The number of hydrogen-bond donors (Lipinski definition) is 3. The number of carboxylic acid groups (broad SMARTS) is 1. The molecule has 20 heavy (non-hydrogen) atoms. The minimum Gasteiger partial charge on any atom is -0.481 e. The van der Waals surface area contributed by atoms with Gasteiger partial charge in [-0.15, -0.1) is 0 Å². The number of piperidine rings is 1. The zero-order valence-electron chi connectivity index (χ0n) is 11.8. The van der Waals surface area contributed by atoms with E-state index in [2.05, 4.69) is 5.32 Å². The fourth-order valence-corrected chi connectivity index (χ4v) is 2.24. The molecule has 0 bridgehead atoms. The van der Waals surface area contributed by atoms with Gasteiger partial charge in [0.1, 0.15) is 0 Å². The minimum atomic E-state index is -0.830. The number of rotatable bonds is 6. The highest BCUT2D eigenvalue weighted by Gasteiger charge is 2.26. The summed E-state index contributed by atoms with van der Waals surface area (Å²) < 4.78 is 0. The first-order valence-corrected chi connectivity index (χ1v) is 6.94. The highest BCUT2D eigenvalue weighted by molar-refractivity contribution is 5.79. The van der Waals surface area contributed by atoms with Crippen LogP contribution in [0.1, 0.15) is 32.6 Å². The Morgan fingerprint density at radius 3 is 2.75 bits per heavy atom. The Balaban J connectivity index is 2.31. The number of hydrogen-bond acceptors (Lipinski definition) is 3. The Labute approximate surface area is 118 Å². The summed E-state index contributed by atoms with van der Waals surface area (Å²) in [6.45, 7) is 3.32. The van der Waals surface area contributed by atoms with Gasteiger partial charge in [0.25, 0.3) is 0 Å². The fraction of sp³-hybridized carbons (Fsp3) is 0.769. The van der Waals surface area contributed by atoms with Gasteiger partial charge in [-0.1, -0.05) is 6.92 Å². The van der Waals surface area contributed by atoms with E-state index in [-0.39, 0.29) is 30.2 Å². The van der Waals surface area contributed by atoms with E-state index in [9.17, 15) is 14.4 Å². The third-order valence-corrected chi connectivity index (χ3v) is 3.56. The summed E-state index contributed by atoms with van der Waals surface area (Å²) in [4.78, 5) is 35.2. The number of aliphatic carboxylic acids is 1. The van der Waals surface area contributed by atoms with Gasteiger partial charge in [-0.05, 0) is 25.2 Å². The van der Waals surface area contributed by atoms with Gasteiger partial charge >= 0.3 is 12.0 Å². The van der Waals surface area contributed by atoms with Gasteiger partial charge < -0.3 is 21.1 Å². The molecule has 0 radical (unpaired) electrons. The molecule has 0 aliphatic carbocycles. The molecule has 1 rings (SSSR count). The number of amides is 3. The summed E-state index contributed by atoms with van der Waals surface area (Å²) in [5.41, 5.74) is 5.27. The highest BCUT2D eigenvalue weighted by atomic mass is 16.4. The molecule has 1 aliphatic rings. The number of carbonyl (C=O) groups excluding carboxylic acids is 2. The van der Waals surface area contributed by atoms with Crippen molar-refractivity contribution in [3.05, 3.63) is 0 Å². The average Bonchev–Trinajstić information content (AvgIpc) is 2.42. The lowest BCUT2D eigenvalue weighted by Crippen LogP contribution is -2.48. The van der Waals surface area contributed by atoms with Gasteiger partial charge in [-0.2, -0.15) is 0 Å². The van der Waals surface area contributed by atoms with E-state index >= 15 is 0 Å². The van der Waals surface area contributed by atoms with Crippen LogP contribution in [0.5, 0.6) is 0 Å². The average molecular weight is 285 g/mol. The predicted octanol–water partition coefficient (Wildman–Crippen LogP) is 0.394. The summed E-state index contributed by atoms with van der Waals surface area (Å²) in [5.74, 6) is -1.36. The topological polar surface area (TPSA) is 113 Å². The van der Waals surface area contributed by atoms with Crippen molar-refractivity contribution in [1.82, 2.24) is 10.2 Å². The molecule has 3 amide bonds. The van der Waals surface area contributed by atoms with E-state index in [1.54, 1.807) is 4.90 Å². The van der Waals surface area contributed by atoms with Gasteiger partial charge in [0.2, 0.25) is 5.91 Å². The van der Waals surface area contributed by atoms with Gasteiger partial charge in [-0.3, -0.25) is 9.59 Å². The molecule has 0 spiro atoms. The lowest BCUT2D eigenvalue weighted by atomic mass is 9.98. The predicted molar refractivity (Wildman–Crippen MR) is 72.9 cm³/mol. The number of likely N-dealkylation sites (tertiary alicyclic amines) is 1. The molecule has 0 aromatic rings. The van der Waals surface area contributed by atoms with Gasteiger partial charge in [0.05, 0.1) is 5.92 Å². The maximum absolute atomic E-state index is 12.0. The second-order valence-corrected chi connectivity index (χ2v) is 5.41. The van der Waals surface area contributed by atoms with Crippen molar-refractivity contribution >= 4 is 17.9 Å². The molecule has 0 aromatic heterocycles. The second kappa shape index (κ2) is 7.72. The molecular formula is C13H23N3O4. The van der Waals surface area contributed by atoms with Crippen molar-refractivity contribution in [2.45, 2.75) is 32.6 Å². The molecule has 4 N–H and O–H groups in total. The maximum atomic E-state index is 12.0. The second-order valence-electron chi connectivity index (χ2n) is 5.41. The molecule has 7 nitrogen and oxygen atoms in total. The van der Waals surface area contributed by atoms with Crippen LogP contribution in [0.4, 0.5) is 4.79 Å². The van der Waals surface area contributed by atoms with Crippen LogP contribution in [0, 0.1) is 11.8 Å². The van der Waals surface area contributed by atoms with Crippen molar-refractivity contribution in [3.8, 4) is 0 Å². The van der Waals surface area contributed by atoms with Crippen molar-refractivity contribution < 1.29 is 19.5 Å². The molecule has 114 valence electrons. The van der Waals surface area contributed by atoms with Crippen LogP contribution >= 0.6 is 0 Å². The van der Waals surface area contributed by atoms with E-state index in [1.807, 2.05) is 6.92 Å². The molecule has 1 fully saturated rings. The minimum absolute atomic E-state index is 0.102. The molecule has 1 aliphatic heterocycles. The third-order valence-electron chi connectivity index (χ3n) is 3.56. The summed E-state index contributed by atoms with van der Waals surface area (Å²) in [6, 6.07) is -0.210. The van der Waals surface area contributed by atoms with Crippen LogP contribution in [0.25, 0.3) is 0 Å². The molecule has 1 saturated heterocycles. The van der Waals surface area contributed by atoms with Gasteiger partial charge in [0.15, 0.2) is 0 Å². The first-order valence-electron chi connectivity index (χ1n) is 6.94.